The van der Waals surface area contributed by atoms with Crippen molar-refractivity contribution >= 4 is 5.91 Å². The largest absolute Gasteiger partial charge is 0.347 e. The van der Waals surface area contributed by atoms with Crippen LogP contribution in [-0.2, 0) is 0 Å². The average Bonchev–Trinajstić information content (AvgIpc) is 2.34. The molecule has 1 amide bonds. The van der Waals surface area contributed by atoms with Crippen LogP contribution in [0.25, 0.3) is 0 Å². The summed E-state index contributed by atoms with van der Waals surface area (Å²) in [6.07, 6.45) is 0. The van der Waals surface area contributed by atoms with E-state index in [1.807, 2.05) is 0 Å². The van der Waals surface area contributed by atoms with Crippen molar-refractivity contribution in [3.63, 3.8) is 0 Å². The molecular weight excluding hydrogens is 234 g/mol. The summed E-state index contributed by atoms with van der Waals surface area (Å²) >= 11 is 0. The molecule has 1 aromatic carbocycles. The molecule has 0 unspecified atom stereocenters. The van der Waals surface area contributed by atoms with Crippen molar-refractivity contribution in [3.8, 4) is 0 Å². The zero-order valence-electron chi connectivity index (χ0n) is 9.64. The van der Waals surface area contributed by atoms with Gasteiger partial charge in [-0.15, -0.1) is 0 Å². The van der Waals surface area contributed by atoms with Crippen LogP contribution in [0.3, 0.4) is 0 Å². The molecule has 0 radical (unpaired) electrons. The van der Waals surface area contributed by atoms with Crippen molar-refractivity contribution < 1.29 is 4.79 Å². The first kappa shape index (κ1) is 11.8. The number of nitrogens with zero attached hydrogens (tertiary/aromatic N) is 1. The molecule has 0 fully saturated rings. The number of aryl methyl sites for hydroxylation is 1. The lowest BCUT2D eigenvalue weighted by Crippen LogP contribution is -2.39. The molecule has 0 aliphatic carbocycles. The molecule has 0 aliphatic heterocycles. The topological polar surface area (TPSA) is 84.0 Å². The van der Waals surface area contributed by atoms with Gasteiger partial charge in [-0.3, -0.25) is 20.0 Å². The Labute approximate surface area is 102 Å². The maximum atomic E-state index is 11.8. The molecule has 6 heteroatoms. The fraction of sp³-hybridized carbons (Fsp3) is 0.0833. The highest BCUT2D eigenvalue weighted by molar-refractivity contribution is 5.99. The maximum Gasteiger partial charge on any atom is 0.347 e. The maximum absolute atomic E-state index is 11.8. The first-order valence-corrected chi connectivity index (χ1v) is 5.27. The first-order valence-electron chi connectivity index (χ1n) is 5.27. The van der Waals surface area contributed by atoms with Gasteiger partial charge < -0.3 is 0 Å². The Hall–Kier alpha value is -2.63. The van der Waals surface area contributed by atoms with Gasteiger partial charge in [-0.1, -0.05) is 18.2 Å². The van der Waals surface area contributed by atoms with E-state index in [0.29, 0.717) is 11.3 Å². The minimum absolute atomic E-state index is 0.355. The highest BCUT2D eigenvalue weighted by Gasteiger charge is 2.08. The third kappa shape index (κ3) is 2.37. The predicted molar refractivity (Wildman–Crippen MR) is 66.2 cm³/mol. The van der Waals surface area contributed by atoms with Crippen molar-refractivity contribution in [1.82, 2.24) is 9.66 Å². The van der Waals surface area contributed by atoms with Crippen molar-refractivity contribution in [2.75, 3.05) is 5.43 Å². The Bertz CT molecular complexity index is 686. The number of nitrogens with one attached hydrogen (secondary N) is 2. The van der Waals surface area contributed by atoms with E-state index in [2.05, 4.69) is 10.4 Å². The molecule has 0 saturated heterocycles. The third-order valence-electron chi connectivity index (χ3n) is 2.38. The summed E-state index contributed by atoms with van der Waals surface area (Å²) in [7, 11) is 0. The smallest absolute Gasteiger partial charge is 0.273 e. The molecule has 2 rings (SSSR count). The van der Waals surface area contributed by atoms with Crippen molar-refractivity contribution in [1.29, 1.82) is 0 Å². The Kier molecular flexibility index (Phi) is 3.09. The van der Waals surface area contributed by atoms with Gasteiger partial charge in [0.25, 0.3) is 11.5 Å². The monoisotopic (exact) mass is 245 g/mol. The van der Waals surface area contributed by atoms with Crippen LogP contribution in [0.15, 0.2) is 46.0 Å². The van der Waals surface area contributed by atoms with Gasteiger partial charge in [0.1, 0.15) is 0 Å². The number of amides is 1. The zero-order chi connectivity index (χ0) is 13.1. The molecule has 6 nitrogen and oxygen atoms in total. The third-order valence-corrected chi connectivity index (χ3v) is 2.38. The van der Waals surface area contributed by atoms with E-state index in [4.69, 9.17) is 0 Å². The summed E-state index contributed by atoms with van der Waals surface area (Å²) in [5.74, 6) is -0.423. The Morgan fingerprint density at radius 3 is 2.50 bits per heavy atom. The summed E-state index contributed by atoms with van der Waals surface area (Å²) < 4.78 is 0.997. The van der Waals surface area contributed by atoms with Crippen LogP contribution in [0, 0.1) is 6.92 Å². The molecule has 0 atom stereocenters. The quantitative estimate of drug-likeness (QED) is 0.794. The standard InChI is InChI=1S/C12H11N3O3/c1-8-7-10(16)13-12(18)15(8)14-11(17)9-5-3-2-4-6-9/h2-7H,1H3,(H,14,17)(H,13,16,18). The molecule has 0 bridgehead atoms. The molecule has 2 N–H and O–H groups in total. The normalized spacial score (nSPS) is 10.1. The van der Waals surface area contributed by atoms with Crippen LogP contribution in [0.2, 0.25) is 0 Å². The van der Waals surface area contributed by atoms with Gasteiger partial charge in [-0.2, -0.15) is 0 Å². The van der Waals surface area contributed by atoms with E-state index >= 15 is 0 Å². The highest BCUT2D eigenvalue weighted by Crippen LogP contribution is 1.98. The number of H-pyrrole nitrogens is 1. The second kappa shape index (κ2) is 4.70. The molecule has 2 aromatic rings. The average molecular weight is 245 g/mol. The number of rotatable bonds is 2. The van der Waals surface area contributed by atoms with E-state index in [9.17, 15) is 14.4 Å². The molecule has 0 spiro atoms. The molecule has 92 valence electrons. The first-order chi connectivity index (χ1) is 8.58. The van der Waals surface area contributed by atoms with E-state index in [1.54, 1.807) is 37.3 Å². The van der Waals surface area contributed by atoms with E-state index in [0.717, 1.165) is 4.68 Å². The fourth-order valence-corrected chi connectivity index (χ4v) is 1.51. The van der Waals surface area contributed by atoms with Crippen LogP contribution in [-0.4, -0.2) is 15.6 Å². The van der Waals surface area contributed by atoms with Gasteiger partial charge in [0.05, 0.1) is 0 Å². The van der Waals surface area contributed by atoms with Crippen LogP contribution in [0.5, 0.6) is 0 Å². The molecule has 18 heavy (non-hydrogen) atoms. The lowest BCUT2D eigenvalue weighted by atomic mass is 10.2. The summed E-state index contributed by atoms with van der Waals surface area (Å²) in [5, 5.41) is 0. The van der Waals surface area contributed by atoms with Crippen molar-refractivity contribution in [2.24, 2.45) is 0 Å². The Morgan fingerprint density at radius 1 is 1.22 bits per heavy atom. The molecule has 0 aliphatic rings. The van der Waals surface area contributed by atoms with Crippen LogP contribution in [0.4, 0.5) is 0 Å². The Balaban J connectivity index is 2.34. The summed E-state index contributed by atoms with van der Waals surface area (Å²) in [4.78, 5) is 36.5. The number of hydrogen-bond acceptors (Lipinski definition) is 3. The van der Waals surface area contributed by atoms with Crippen molar-refractivity contribution in [3.05, 3.63) is 68.5 Å². The number of aromatic amines is 1. The Morgan fingerprint density at radius 2 is 1.89 bits per heavy atom. The lowest BCUT2D eigenvalue weighted by molar-refractivity contribution is 0.101. The minimum Gasteiger partial charge on any atom is -0.273 e. The molecule has 0 saturated carbocycles. The van der Waals surface area contributed by atoms with Gasteiger partial charge in [0, 0.05) is 17.3 Å². The summed E-state index contributed by atoms with van der Waals surface area (Å²) in [6.45, 7) is 1.56. The zero-order valence-corrected chi connectivity index (χ0v) is 9.64. The van der Waals surface area contributed by atoms with E-state index in [-0.39, 0.29) is 0 Å². The lowest BCUT2D eigenvalue weighted by Gasteiger charge is -2.10. The van der Waals surface area contributed by atoms with Crippen LogP contribution < -0.4 is 16.7 Å². The SMILES string of the molecule is Cc1cc(=O)[nH]c(=O)n1NC(=O)c1ccccc1. The van der Waals surface area contributed by atoms with Gasteiger partial charge in [-0.05, 0) is 19.1 Å². The number of carbonyl (C=O) groups is 1. The summed E-state index contributed by atoms with van der Waals surface area (Å²) in [5.41, 5.74) is 2.02. The minimum atomic E-state index is -0.677. The second-order valence-electron chi connectivity index (χ2n) is 3.72. The molecule has 1 aromatic heterocycles. The number of hydrogen-bond donors (Lipinski definition) is 2. The molecule has 1 heterocycles. The molecular formula is C12H11N3O3. The van der Waals surface area contributed by atoms with Gasteiger partial charge in [0.15, 0.2) is 0 Å². The fourth-order valence-electron chi connectivity index (χ4n) is 1.51. The highest BCUT2D eigenvalue weighted by atomic mass is 16.2. The summed E-state index contributed by atoms with van der Waals surface area (Å²) in [6, 6.07) is 9.71. The number of aromatic nitrogens is 2. The van der Waals surface area contributed by atoms with Crippen LogP contribution in [0.1, 0.15) is 16.1 Å². The van der Waals surface area contributed by atoms with Gasteiger partial charge >= 0.3 is 5.69 Å². The van der Waals surface area contributed by atoms with Gasteiger partial charge in [0.2, 0.25) is 0 Å². The predicted octanol–water partition coefficient (Wildman–Crippen LogP) is 0.229. The second-order valence-corrected chi connectivity index (χ2v) is 3.72. The van der Waals surface area contributed by atoms with Crippen molar-refractivity contribution in [2.45, 2.75) is 6.92 Å². The number of carbonyl (C=O) groups excluding carboxylic acids is 1. The van der Waals surface area contributed by atoms with E-state index < -0.39 is 17.2 Å². The van der Waals surface area contributed by atoms with Crippen LogP contribution >= 0.6 is 0 Å². The van der Waals surface area contributed by atoms with Gasteiger partial charge in [-0.25, -0.2) is 9.47 Å². The number of benzene rings is 1. The van der Waals surface area contributed by atoms with E-state index in [1.165, 1.54) is 6.07 Å².